The van der Waals surface area contributed by atoms with Gasteiger partial charge in [0, 0.05) is 5.56 Å². The molecule has 90 valence electrons. The molecule has 0 atom stereocenters. The molecule has 0 aliphatic carbocycles. The standard InChI is InChI=1S/C12H12O5/c13-9-16-7-6-12(15)17-8-11(14)10-4-2-1-3-5-10/h1-5,9H,6-8H2. The number of Topliss-reactive ketones (excluding diaryl/α,β-unsaturated/α-hetero) is 1. The third-order valence-electron chi connectivity index (χ3n) is 1.95. The lowest BCUT2D eigenvalue weighted by atomic mass is 10.1. The zero-order chi connectivity index (χ0) is 12.5. The van der Waals surface area contributed by atoms with Gasteiger partial charge in [0.25, 0.3) is 6.47 Å². The van der Waals surface area contributed by atoms with Crippen LogP contribution in [0.4, 0.5) is 0 Å². The van der Waals surface area contributed by atoms with E-state index in [4.69, 9.17) is 4.74 Å². The minimum Gasteiger partial charge on any atom is -0.467 e. The van der Waals surface area contributed by atoms with Crippen molar-refractivity contribution in [2.24, 2.45) is 0 Å². The van der Waals surface area contributed by atoms with Gasteiger partial charge in [-0.1, -0.05) is 30.3 Å². The van der Waals surface area contributed by atoms with Crippen molar-refractivity contribution in [3.8, 4) is 0 Å². The summed E-state index contributed by atoms with van der Waals surface area (Å²) in [4.78, 5) is 32.4. The predicted molar refractivity (Wildman–Crippen MR) is 58.4 cm³/mol. The Hall–Kier alpha value is -2.17. The number of ether oxygens (including phenoxy) is 2. The molecule has 0 aliphatic heterocycles. The number of benzene rings is 1. The molecule has 0 N–H and O–H groups in total. The first-order valence-electron chi connectivity index (χ1n) is 5.03. The molecule has 0 aliphatic rings. The van der Waals surface area contributed by atoms with Crippen LogP contribution >= 0.6 is 0 Å². The largest absolute Gasteiger partial charge is 0.467 e. The van der Waals surface area contributed by atoms with E-state index in [1.54, 1.807) is 30.3 Å². The highest BCUT2D eigenvalue weighted by atomic mass is 16.5. The van der Waals surface area contributed by atoms with Crippen LogP contribution in [-0.2, 0) is 19.1 Å². The van der Waals surface area contributed by atoms with E-state index < -0.39 is 5.97 Å². The average Bonchev–Trinajstić information content (AvgIpc) is 2.37. The van der Waals surface area contributed by atoms with E-state index in [1.165, 1.54) is 0 Å². The Kier molecular flexibility index (Phi) is 5.43. The summed E-state index contributed by atoms with van der Waals surface area (Å²) in [5, 5.41) is 0. The lowest BCUT2D eigenvalue weighted by Gasteiger charge is -2.03. The average molecular weight is 236 g/mol. The van der Waals surface area contributed by atoms with Gasteiger partial charge in [0.05, 0.1) is 6.42 Å². The van der Waals surface area contributed by atoms with Crippen LogP contribution in [0.2, 0.25) is 0 Å². The Balaban J connectivity index is 2.29. The molecule has 0 amide bonds. The maximum absolute atomic E-state index is 11.5. The van der Waals surface area contributed by atoms with Gasteiger partial charge in [-0.05, 0) is 0 Å². The SMILES string of the molecule is O=COCCC(=O)OCC(=O)c1ccccc1. The molecule has 0 spiro atoms. The summed E-state index contributed by atoms with van der Waals surface area (Å²) in [7, 11) is 0. The first-order chi connectivity index (χ1) is 8.24. The minimum atomic E-state index is -0.573. The highest BCUT2D eigenvalue weighted by Crippen LogP contribution is 2.00. The molecule has 1 aromatic rings. The van der Waals surface area contributed by atoms with Crippen molar-refractivity contribution >= 4 is 18.2 Å². The fourth-order valence-corrected chi connectivity index (χ4v) is 1.12. The number of ketones is 1. The van der Waals surface area contributed by atoms with Crippen LogP contribution in [0.3, 0.4) is 0 Å². The number of hydrogen-bond acceptors (Lipinski definition) is 5. The topological polar surface area (TPSA) is 69.7 Å². The van der Waals surface area contributed by atoms with Crippen LogP contribution in [0.25, 0.3) is 0 Å². The summed E-state index contributed by atoms with van der Waals surface area (Å²) in [5.41, 5.74) is 0.490. The van der Waals surface area contributed by atoms with Crippen molar-refractivity contribution in [3.05, 3.63) is 35.9 Å². The van der Waals surface area contributed by atoms with Gasteiger partial charge in [-0.15, -0.1) is 0 Å². The molecule has 0 saturated heterocycles. The molecular formula is C12H12O5. The van der Waals surface area contributed by atoms with Crippen molar-refractivity contribution in [1.82, 2.24) is 0 Å². The molecule has 5 heteroatoms. The van der Waals surface area contributed by atoms with Crippen LogP contribution in [0.15, 0.2) is 30.3 Å². The van der Waals surface area contributed by atoms with Crippen LogP contribution in [0.1, 0.15) is 16.8 Å². The Labute approximate surface area is 98.3 Å². The van der Waals surface area contributed by atoms with Gasteiger partial charge < -0.3 is 9.47 Å². The summed E-state index contributed by atoms with van der Waals surface area (Å²) in [6, 6.07) is 8.54. The molecule has 1 rings (SSSR count). The number of rotatable bonds is 7. The molecule has 0 unspecified atom stereocenters. The zero-order valence-corrected chi connectivity index (χ0v) is 9.13. The van der Waals surface area contributed by atoms with Crippen LogP contribution in [0, 0.1) is 0 Å². The van der Waals surface area contributed by atoms with Crippen molar-refractivity contribution in [2.75, 3.05) is 13.2 Å². The molecule has 0 fully saturated rings. The third kappa shape index (κ3) is 4.92. The number of hydrogen-bond donors (Lipinski definition) is 0. The van der Waals surface area contributed by atoms with E-state index >= 15 is 0 Å². The molecule has 0 heterocycles. The summed E-state index contributed by atoms with van der Waals surface area (Å²) < 4.78 is 9.05. The maximum Gasteiger partial charge on any atom is 0.309 e. The molecule has 0 radical (unpaired) electrons. The fraction of sp³-hybridized carbons (Fsp3) is 0.250. The summed E-state index contributed by atoms with van der Waals surface area (Å²) >= 11 is 0. The molecule has 1 aromatic carbocycles. The first kappa shape index (κ1) is 12.9. The van der Waals surface area contributed by atoms with E-state index in [-0.39, 0.29) is 31.9 Å². The van der Waals surface area contributed by atoms with Crippen molar-refractivity contribution < 1.29 is 23.9 Å². The van der Waals surface area contributed by atoms with E-state index in [9.17, 15) is 14.4 Å². The lowest BCUT2D eigenvalue weighted by molar-refractivity contribution is -0.144. The molecule has 0 bridgehead atoms. The second-order valence-corrected chi connectivity index (χ2v) is 3.17. The Morgan fingerprint density at radius 2 is 1.88 bits per heavy atom. The smallest absolute Gasteiger partial charge is 0.309 e. The van der Waals surface area contributed by atoms with Crippen molar-refractivity contribution in [1.29, 1.82) is 0 Å². The Morgan fingerprint density at radius 3 is 2.53 bits per heavy atom. The second kappa shape index (κ2) is 7.16. The monoisotopic (exact) mass is 236 g/mol. The van der Waals surface area contributed by atoms with Gasteiger partial charge in [0.15, 0.2) is 12.4 Å². The van der Waals surface area contributed by atoms with Gasteiger partial charge in [-0.2, -0.15) is 0 Å². The van der Waals surface area contributed by atoms with Crippen molar-refractivity contribution in [2.45, 2.75) is 6.42 Å². The van der Waals surface area contributed by atoms with Gasteiger partial charge in [0.2, 0.25) is 0 Å². The highest BCUT2D eigenvalue weighted by molar-refractivity contribution is 5.97. The summed E-state index contributed by atoms with van der Waals surface area (Å²) in [6.07, 6.45) is -0.0548. The van der Waals surface area contributed by atoms with Gasteiger partial charge in [-0.25, -0.2) is 0 Å². The van der Waals surface area contributed by atoms with Crippen LogP contribution in [-0.4, -0.2) is 31.4 Å². The number of esters is 1. The first-order valence-corrected chi connectivity index (χ1v) is 5.03. The molecule has 0 saturated carbocycles. The Bertz CT molecular complexity index is 385. The second-order valence-electron chi connectivity index (χ2n) is 3.17. The van der Waals surface area contributed by atoms with E-state index in [0.29, 0.717) is 5.56 Å². The van der Waals surface area contributed by atoms with E-state index in [1.807, 2.05) is 0 Å². The van der Waals surface area contributed by atoms with E-state index in [0.717, 1.165) is 0 Å². The van der Waals surface area contributed by atoms with Gasteiger partial charge >= 0.3 is 5.97 Å². The molecule has 5 nitrogen and oxygen atoms in total. The van der Waals surface area contributed by atoms with Crippen molar-refractivity contribution in [3.63, 3.8) is 0 Å². The van der Waals surface area contributed by atoms with Gasteiger partial charge in [-0.3, -0.25) is 14.4 Å². The quantitative estimate of drug-likeness (QED) is 0.305. The maximum atomic E-state index is 11.5. The normalized spacial score (nSPS) is 9.41. The predicted octanol–water partition coefficient (Wildman–Crippen LogP) is 0.976. The molecular weight excluding hydrogens is 224 g/mol. The van der Waals surface area contributed by atoms with E-state index in [2.05, 4.69) is 4.74 Å². The number of carbonyl (C=O) groups is 3. The zero-order valence-electron chi connectivity index (χ0n) is 9.13. The van der Waals surface area contributed by atoms with Crippen LogP contribution in [0.5, 0.6) is 0 Å². The Morgan fingerprint density at radius 1 is 1.18 bits per heavy atom. The van der Waals surface area contributed by atoms with Crippen LogP contribution < -0.4 is 0 Å². The minimum absolute atomic E-state index is 0.0398. The third-order valence-corrected chi connectivity index (χ3v) is 1.95. The lowest BCUT2D eigenvalue weighted by Crippen LogP contribution is -2.15. The molecule has 0 aromatic heterocycles. The number of carbonyl (C=O) groups excluding carboxylic acids is 3. The highest BCUT2D eigenvalue weighted by Gasteiger charge is 2.09. The summed E-state index contributed by atoms with van der Waals surface area (Å²) in [6.45, 7) is -0.0891. The summed E-state index contributed by atoms with van der Waals surface area (Å²) in [5.74, 6) is -0.841. The fourth-order valence-electron chi connectivity index (χ4n) is 1.12. The molecule has 17 heavy (non-hydrogen) atoms. The van der Waals surface area contributed by atoms with Gasteiger partial charge in [0.1, 0.15) is 6.61 Å².